The molecule has 0 bridgehead atoms. The first-order valence-corrected chi connectivity index (χ1v) is 10.2. The number of rotatable bonds is 3. The Bertz CT molecular complexity index is 1040. The summed E-state index contributed by atoms with van der Waals surface area (Å²) in [4.78, 5) is 7.13. The molecule has 0 aliphatic carbocycles. The van der Waals surface area contributed by atoms with Gasteiger partial charge in [-0.2, -0.15) is 0 Å². The van der Waals surface area contributed by atoms with Crippen molar-refractivity contribution in [2.24, 2.45) is 0 Å². The molecule has 0 atom stereocenters. The van der Waals surface area contributed by atoms with Crippen LogP contribution >= 0.6 is 0 Å². The third-order valence-corrected chi connectivity index (χ3v) is 6.35. The van der Waals surface area contributed by atoms with Gasteiger partial charge < -0.3 is 10.2 Å². The molecule has 134 valence electrons. The highest BCUT2D eigenvalue weighted by Gasteiger charge is 2.21. The predicted octanol–water partition coefficient (Wildman–Crippen LogP) is 2.79. The quantitative estimate of drug-likeness (QED) is 0.771. The smallest absolute Gasteiger partial charge is 0.223 e. The van der Waals surface area contributed by atoms with E-state index in [1.54, 1.807) is 36.4 Å². The minimum atomic E-state index is -3.63. The summed E-state index contributed by atoms with van der Waals surface area (Å²) in [6.07, 6.45) is 0. The minimum Gasteiger partial charge on any atom is -0.367 e. The fourth-order valence-corrected chi connectivity index (χ4v) is 4.58. The van der Waals surface area contributed by atoms with Gasteiger partial charge in [0, 0.05) is 31.6 Å². The number of sulfone groups is 1. The Labute approximate surface area is 153 Å². The number of fused-ring (bicyclic) bond motifs is 1. The first-order chi connectivity index (χ1) is 12.6. The van der Waals surface area contributed by atoms with Gasteiger partial charge in [0.2, 0.25) is 9.84 Å². The Morgan fingerprint density at radius 3 is 2.46 bits per heavy atom. The lowest BCUT2D eigenvalue weighted by atomic mass is 10.1. The molecule has 2 aromatic carbocycles. The zero-order valence-electron chi connectivity index (χ0n) is 14.6. The van der Waals surface area contributed by atoms with Crippen LogP contribution in [0.3, 0.4) is 0 Å². The molecule has 3 aromatic rings. The van der Waals surface area contributed by atoms with Crippen molar-refractivity contribution in [1.29, 1.82) is 0 Å². The van der Waals surface area contributed by atoms with Crippen LogP contribution in [0, 0.1) is 6.92 Å². The van der Waals surface area contributed by atoms with E-state index < -0.39 is 9.84 Å². The number of anilines is 1. The molecule has 1 aromatic heterocycles. The third-order valence-electron chi connectivity index (χ3n) is 4.68. The number of aromatic nitrogens is 1. The van der Waals surface area contributed by atoms with E-state index in [1.807, 2.05) is 12.1 Å². The van der Waals surface area contributed by atoms with E-state index in [4.69, 9.17) is 0 Å². The summed E-state index contributed by atoms with van der Waals surface area (Å²) in [7, 11) is -3.63. The predicted molar refractivity (Wildman–Crippen MR) is 103 cm³/mol. The summed E-state index contributed by atoms with van der Waals surface area (Å²) in [5.41, 5.74) is 2.90. The van der Waals surface area contributed by atoms with E-state index in [1.165, 1.54) is 0 Å². The highest BCUT2D eigenvalue weighted by molar-refractivity contribution is 7.91. The van der Waals surface area contributed by atoms with Crippen molar-refractivity contribution in [2.75, 3.05) is 31.1 Å². The average molecular weight is 367 g/mol. The van der Waals surface area contributed by atoms with Crippen LogP contribution in [-0.4, -0.2) is 39.6 Å². The summed E-state index contributed by atoms with van der Waals surface area (Å²) < 4.78 is 25.9. The largest absolute Gasteiger partial charge is 0.367 e. The molecule has 2 heterocycles. The second kappa shape index (κ2) is 6.70. The summed E-state index contributed by atoms with van der Waals surface area (Å²) in [6.45, 7) is 5.65. The summed E-state index contributed by atoms with van der Waals surface area (Å²) in [5.74, 6) is 0. The molecule has 0 spiro atoms. The van der Waals surface area contributed by atoms with Gasteiger partial charge in [-0.1, -0.05) is 18.2 Å². The van der Waals surface area contributed by atoms with Crippen molar-refractivity contribution in [3.05, 3.63) is 60.2 Å². The first kappa shape index (κ1) is 17.0. The number of piperazine rings is 1. The molecule has 0 amide bonds. The van der Waals surface area contributed by atoms with Gasteiger partial charge in [0.05, 0.1) is 16.1 Å². The summed E-state index contributed by atoms with van der Waals surface area (Å²) >= 11 is 0. The van der Waals surface area contributed by atoms with Crippen molar-refractivity contribution in [3.63, 3.8) is 0 Å². The van der Waals surface area contributed by atoms with Crippen LogP contribution in [0.4, 0.5) is 5.69 Å². The van der Waals surface area contributed by atoms with E-state index in [9.17, 15) is 8.42 Å². The molecule has 4 rings (SSSR count). The zero-order valence-corrected chi connectivity index (χ0v) is 15.5. The number of aryl methyl sites for hydroxylation is 1. The maximum Gasteiger partial charge on any atom is 0.223 e. The van der Waals surface area contributed by atoms with E-state index in [2.05, 4.69) is 28.2 Å². The molecule has 1 fully saturated rings. The summed E-state index contributed by atoms with van der Waals surface area (Å²) in [5, 5.41) is 4.40. The maximum absolute atomic E-state index is 12.9. The maximum atomic E-state index is 12.9. The summed E-state index contributed by atoms with van der Waals surface area (Å²) in [6, 6.07) is 16.1. The van der Waals surface area contributed by atoms with Gasteiger partial charge in [-0.25, -0.2) is 13.4 Å². The van der Waals surface area contributed by atoms with Crippen molar-refractivity contribution in [1.82, 2.24) is 10.3 Å². The Morgan fingerprint density at radius 1 is 1.00 bits per heavy atom. The highest BCUT2D eigenvalue weighted by atomic mass is 32.2. The molecule has 0 radical (unpaired) electrons. The van der Waals surface area contributed by atoms with Crippen LogP contribution < -0.4 is 10.2 Å². The van der Waals surface area contributed by atoms with Gasteiger partial charge >= 0.3 is 0 Å². The SMILES string of the molecule is Cc1cc(N2CCNCC2)c2nc(S(=O)(=O)c3ccccc3)ccc2c1. The highest BCUT2D eigenvalue weighted by Crippen LogP contribution is 2.30. The van der Waals surface area contributed by atoms with Crippen LogP contribution in [-0.2, 0) is 9.84 Å². The van der Waals surface area contributed by atoms with Crippen molar-refractivity contribution >= 4 is 26.4 Å². The van der Waals surface area contributed by atoms with Crippen molar-refractivity contribution in [3.8, 4) is 0 Å². The molecule has 1 aliphatic heterocycles. The lowest BCUT2D eigenvalue weighted by Crippen LogP contribution is -2.43. The number of nitrogens with zero attached hydrogens (tertiary/aromatic N) is 2. The van der Waals surface area contributed by atoms with E-state index in [0.29, 0.717) is 0 Å². The fourth-order valence-electron chi connectivity index (χ4n) is 3.36. The lowest BCUT2D eigenvalue weighted by molar-refractivity contribution is 0.589. The number of nitrogens with one attached hydrogen (secondary N) is 1. The Balaban J connectivity index is 1.87. The van der Waals surface area contributed by atoms with Crippen molar-refractivity contribution in [2.45, 2.75) is 16.8 Å². The lowest BCUT2D eigenvalue weighted by Gasteiger charge is -2.30. The number of benzene rings is 2. The average Bonchev–Trinajstić information content (AvgIpc) is 2.68. The van der Waals surface area contributed by atoms with Gasteiger partial charge in [-0.3, -0.25) is 0 Å². The number of pyridine rings is 1. The number of hydrogen-bond donors (Lipinski definition) is 1. The number of hydrogen-bond acceptors (Lipinski definition) is 5. The van der Waals surface area contributed by atoms with E-state index in [0.717, 1.165) is 48.3 Å². The van der Waals surface area contributed by atoms with Gasteiger partial charge in [0.15, 0.2) is 5.03 Å². The Hall–Kier alpha value is -2.44. The second-order valence-corrected chi connectivity index (χ2v) is 8.46. The Kier molecular flexibility index (Phi) is 4.38. The molecule has 0 unspecified atom stereocenters. The monoisotopic (exact) mass is 367 g/mol. The van der Waals surface area contributed by atoms with Crippen LogP contribution in [0.1, 0.15) is 5.56 Å². The minimum absolute atomic E-state index is 0.0939. The third kappa shape index (κ3) is 3.06. The van der Waals surface area contributed by atoms with Crippen LogP contribution in [0.15, 0.2) is 64.5 Å². The molecule has 5 nitrogen and oxygen atoms in total. The Morgan fingerprint density at radius 2 is 1.73 bits per heavy atom. The van der Waals surface area contributed by atoms with Gasteiger partial charge in [0.25, 0.3) is 0 Å². The molecule has 6 heteroatoms. The second-order valence-electron chi connectivity index (χ2n) is 6.56. The molecule has 1 saturated heterocycles. The molecule has 26 heavy (non-hydrogen) atoms. The standard InChI is InChI=1S/C20H21N3O2S/c1-15-13-16-7-8-19(26(24,25)17-5-3-2-4-6-17)22-20(16)18(14-15)23-11-9-21-10-12-23/h2-8,13-14,21H,9-12H2,1H3. The van der Waals surface area contributed by atoms with Gasteiger partial charge in [-0.15, -0.1) is 0 Å². The fraction of sp³-hybridized carbons (Fsp3) is 0.250. The molecule has 0 saturated carbocycles. The zero-order chi connectivity index (χ0) is 18.1. The van der Waals surface area contributed by atoms with E-state index >= 15 is 0 Å². The molecular weight excluding hydrogens is 346 g/mol. The van der Waals surface area contributed by atoms with Gasteiger partial charge in [0.1, 0.15) is 0 Å². The van der Waals surface area contributed by atoms with Crippen molar-refractivity contribution < 1.29 is 8.42 Å². The van der Waals surface area contributed by atoms with Gasteiger partial charge in [-0.05, 0) is 48.9 Å². The van der Waals surface area contributed by atoms with E-state index in [-0.39, 0.29) is 9.92 Å². The molecule has 1 N–H and O–H groups in total. The topological polar surface area (TPSA) is 62.3 Å². The molecule has 1 aliphatic rings. The van der Waals surface area contributed by atoms with Crippen LogP contribution in [0.2, 0.25) is 0 Å². The van der Waals surface area contributed by atoms with Crippen LogP contribution in [0.5, 0.6) is 0 Å². The first-order valence-electron chi connectivity index (χ1n) is 8.73. The molecular formula is C20H21N3O2S. The van der Waals surface area contributed by atoms with Crippen LogP contribution in [0.25, 0.3) is 10.9 Å². The normalized spacial score (nSPS) is 15.3.